The van der Waals surface area contributed by atoms with Gasteiger partial charge in [-0.15, -0.1) is 5.73 Å². The Morgan fingerprint density at radius 2 is 2.13 bits per heavy atom. The van der Waals surface area contributed by atoms with Crippen LogP contribution in [0.25, 0.3) is 0 Å². The van der Waals surface area contributed by atoms with Crippen molar-refractivity contribution in [3.63, 3.8) is 0 Å². The summed E-state index contributed by atoms with van der Waals surface area (Å²) in [6.45, 7) is 12.8. The molecule has 0 nitrogen and oxygen atoms in total. The zero-order chi connectivity index (χ0) is 11.4. The lowest BCUT2D eigenvalue weighted by Crippen LogP contribution is -2.13. The molecule has 1 aliphatic carbocycles. The van der Waals surface area contributed by atoms with Crippen molar-refractivity contribution in [3.8, 4) is 0 Å². The number of allylic oxidation sites excluding steroid dienone is 4. The normalized spacial score (nSPS) is 25.5. The van der Waals surface area contributed by atoms with Crippen LogP contribution in [0.5, 0.6) is 0 Å². The van der Waals surface area contributed by atoms with Gasteiger partial charge in [0.2, 0.25) is 0 Å². The van der Waals surface area contributed by atoms with E-state index in [4.69, 9.17) is 0 Å². The van der Waals surface area contributed by atoms with Crippen molar-refractivity contribution < 1.29 is 0 Å². The minimum absolute atomic E-state index is 0.589. The lowest BCUT2D eigenvalue weighted by atomic mass is 9.81. The molecule has 0 aromatic rings. The molecule has 2 atom stereocenters. The molecule has 2 unspecified atom stereocenters. The SMILES string of the molecule is C=C(C)C1CC(C)=C=CCC1C=C(C)C. The molecule has 0 aliphatic heterocycles. The molecule has 0 fully saturated rings. The van der Waals surface area contributed by atoms with Gasteiger partial charge in [0, 0.05) is 0 Å². The fourth-order valence-electron chi connectivity index (χ4n) is 2.23. The zero-order valence-corrected chi connectivity index (χ0v) is 10.4. The average Bonchev–Trinajstić information content (AvgIpc) is 2.27. The lowest BCUT2D eigenvalue weighted by molar-refractivity contribution is 0.456. The smallest absolute Gasteiger partial charge is 0.00992 e. The number of hydrogen-bond acceptors (Lipinski definition) is 0. The third kappa shape index (κ3) is 3.57. The highest BCUT2D eigenvalue weighted by Gasteiger charge is 2.21. The summed E-state index contributed by atoms with van der Waals surface area (Å²) < 4.78 is 0. The maximum Gasteiger partial charge on any atom is -0.00992 e. The van der Waals surface area contributed by atoms with Crippen molar-refractivity contribution in [2.75, 3.05) is 0 Å². The largest absolute Gasteiger partial charge is 0.126 e. The second-order valence-corrected chi connectivity index (χ2v) is 4.93. The maximum absolute atomic E-state index is 4.13. The summed E-state index contributed by atoms with van der Waals surface area (Å²) in [5, 5.41) is 0. The maximum atomic E-state index is 4.13. The first-order chi connectivity index (χ1) is 7.00. The molecule has 0 heterocycles. The molecule has 0 N–H and O–H groups in total. The van der Waals surface area contributed by atoms with Gasteiger partial charge in [-0.1, -0.05) is 23.8 Å². The summed E-state index contributed by atoms with van der Waals surface area (Å²) in [5.74, 6) is 1.20. The summed E-state index contributed by atoms with van der Waals surface area (Å²) in [6, 6.07) is 0. The van der Waals surface area contributed by atoms with Gasteiger partial charge in [0.05, 0.1) is 0 Å². The topological polar surface area (TPSA) is 0 Å². The molecule has 1 aliphatic rings. The quantitative estimate of drug-likeness (QED) is 0.451. The Morgan fingerprint density at radius 3 is 2.67 bits per heavy atom. The minimum atomic E-state index is 0.589. The second-order valence-electron chi connectivity index (χ2n) is 4.93. The third-order valence-electron chi connectivity index (χ3n) is 2.96. The summed E-state index contributed by atoms with van der Waals surface area (Å²) in [5.41, 5.74) is 7.41. The van der Waals surface area contributed by atoms with E-state index in [1.165, 1.54) is 16.7 Å². The van der Waals surface area contributed by atoms with Crippen LogP contribution in [0.15, 0.2) is 41.2 Å². The summed E-state index contributed by atoms with van der Waals surface area (Å²) in [6.07, 6.45) is 6.78. The Bertz CT molecular complexity index is 331. The number of hydrogen-bond donors (Lipinski definition) is 0. The van der Waals surface area contributed by atoms with Crippen LogP contribution >= 0.6 is 0 Å². The van der Waals surface area contributed by atoms with E-state index in [9.17, 15) is 0 Å². The van der Waals surface area contributed by atoms with E-state index in [0.717, 1.165) is 12.8 Å². The first kappa shape index (κ1) is 12.1. The van der Waals surface area contributed by atoms with E-state index in [1.807, 2.05) is 0 Å². The van der Waals surface area contributed by atoms with Gasteiger partial charge in [-0.25, -0.2) is 0 Å². The summed E-state index contributed by atoms with van der Waals surface area (Å²) in [4.78, 5) is 0. The molecule has 0 heteroatoms. The summed E-state index contributed by atoms with van der Waals surface area (Å²) in [7, 11) is 0. The van der Waals surface area contributed by atoms with Crippen LogP contribution in [-0.4, -0.2) is 0 Å². The van der Waals surface area contributed by atoms with Gasteiger partial charge >= 0.3 is 0 Å². The highest BCUT2D eigenvalue weighted by Crippen LogP contribution is 2.32. The molecule has 0 aromatic carbocycles. The van der Waals surface area contributed by atoms with E-state index in [0.29, 0.717) is 11.8 Å². The highest BCUT2D eigenvalue weighted by molar-refractivity contribution is 5.16. The van der Waals surface area contributed by atoms with Crippen molar-refractivity contribution in [3.05, 3.63) is 41.2 Å². The van der Waals surface area contributed by atoms with Crippen molar-refractivity contribution in [1.82, 2.24) is 0 Å². The zero-order valence-electron chi connectivity index (χ0n) is 10.4. The van der Waals surface area contributed by atoms with Crippen LogP contribution in [0.2, 0.25) is 0 Å². The first-order valence-corrected chi connectivity index (χ1v) is 5.71. The van der Waals surface area contributed by atoms with Gasteiger partial charge in [-0.3, -0.25) is 0 Å². The van der Waals surface area contributed by atoms with Crippen LogP contribution < -0.4 is 0 Å². The van der Waals surface area contributed by atoms with Gasteiger partial charge in [-0.2, -0.15) is 0 Å². The first-order valence-electron chi connectivity index (χ1n) is 5.71. The van der Waals surface area contributed by atoms with Gasteiger partial charge in [0.1, 0.15) is 0 Å². The van der Waals surface area contributed by atoms with Crippen LogP contribution in [0.1, 0.15) is 40.5 Å². The predicted molar refractivity (Wildman–Crippen MR) is 67.7 cm³/mol. The molecule has 0 spiro atoms. The van der Waals surface area contributed by atoms with Crippen molar-refractivity contribution in [2.24, 2.45) is 11.8 Å². The van der Waals surface area contributed by atoms with Crippen molar-refractivity contribution >= 4 is 0 Å². The standard InChI is InChI=1S/C15H22/c1-11(2)9-14-8-6-7-13(5)10-15(14)12(3)4/h6,9,14-15H,3,8,10H2,1-2,4-5H3. The molecule has 0 bridgehead atoms. The molecule has 0 saturated heterocycles. The van der Waals surface area contributed by atoms with Crippen LogP contribution in [0, 0.1) is 11.8 Å². The van der Waals surface area contributed by atoms with Crippen molar-refractivity contribution in [2.45, 2.75) is 40.5 Å². The molecule has 0 radical (unpaired) electrons. The van der Waals surface area contributed by atoms with E-state index in [1.54, 1.807) is 0 Å². The fourth-order valence-corrected chi connectivity index (χ4v) is 2.23. The number of rotatable bonds is 2. The van der Waals surface area contributed by atoms with Gasteiger partial charge < -0.3 is 0 Å². The van der Waals surface area contributed by atoms with E-state index in [-0.39, 0.29) is 0 Å². The Kier molecular flexibility index (Phi) is 4.17. The van der Waals surface area contributed by atoms with Gasteiger partial charge in [-0.05, 0) is 64.0 Å². The molecule has 82 valence electrons. The predicted octanol–water partition coefficient (Wildman–Crippen LogP) is 4.66. The van der Waals surface area contributed by atoms with Gasteiger partial charge in [0.15, 0.2) is 0 Å². The Balaban J connectivity index is 2.91. The fraction of sp³-hybridized carbons (Fsp3) is 0.533. The Morgan fingerprint density at radius 1 is 1.47 bits per heavy atom. The molecular formula is C15H22. The second kappa shape index (κ2) is 5.19. The molecule has 0 amide bonds. The summed E-state index contributed by atoms with van der Waals surface area (Å²) >= 11 is 0. The lowest BCUT2D eigenvalue weighted by Gasteiger charge is -2.23. The van der Waals surface area contributed by atoms with Crippen LogP contribution in [0.4, 0.5) is 0 Å². The van der Waals surface area contributed by atoms with E-state index in [2.05, 4.69) is 52.2 Å². The minimum Gasteiger partial charge on any atom is -0.126 e. The third-order valence-corrected chi connectivity index (χ3v) is 2.96. The van der Waals surface area contributed by atoms with Gasteiger partial charge in [0.25, 0.3) is 0 Å². The molecule has 0 aromatic heterocycles. The van der Waals surface area contributed by atoms with Crippen molar-refractivity contribution in [1.29, 1.82) is 0 Å². The Labute approximate surface area is 94.1 Å². The molecule has 0 saturated carbocycles. The Hall–Kier alpha value is -1.00. The van der Waals surface area contributed by atoms with E-state index >= 15 is 0 Å². The monoisotopic (exact) mass is 202 g/mol. The molecular weight excluding hydrogens is 180 g/mol. The van der Waals surface area contributed by atoms with Crippen LogP contribution in [-0.2, 0) is 0 Å². The molecule has 1 rings (SSSR count). The van der Waals surface area contributed by atoms with E-state index < -0.39 is 0 Å². The molecule has 15 heavy (non-hydrogen) atoms. The highest BCUT2D eigenvalue weighted by atomic mass is 14.2. The van der Waals surface area contributed by atoms with Crippen LogP contribution in [0.3, 0.4) is 0 Å². The average molecular weight is 202 g/mol.